The van der Waals surface area contributed by atoms with Crippen LogP contribution in [0.4, 0.5) is 5.82 Å². The average Bonchev–Trinajstić information content (AvgIpc) is 2.79. The number of benzene rings is 1. The Balaban J connectivity index is 0.000000505. The van der Waals surface area contributed by atoms with E-state index in [0.29, 0.717) is 5.69 Å². The first kappa shape index (κ1) is 19.4. The molecule has 0 atom stereocenters. The number of rotatable bonds is 3. The van der Waals surface area contributed by atoms with Crippen LogP contribution >= 0.6 is 11.6 Å². The summed E-state index contributed by atoms with van der Waals surface area (Å²) in [7, 11) is -4.67. The van der Waals surface area contributed by atoms with Gasteiger partial charge in [0.15, 0.2) is 0 Å². The minimum Gasteiger partial charge on any atom is -0.478 e. The number of carboxylic acid groups (broad SMARTS) is 1. The Labute approximate surface area is 140 Å². The summed E-state index contributed by atoms with van der Waals surface area (Å²) < 4.78 is 32.8. The van der Waals surface area contributed by atoms with Gasteiger partial charge >= 0.3 is 16.4 Å². The molecule has 11 nitrogen and oxygen atoms in total. The van der Waals surface area contributed by atoms with Gasteiger partial charge in [-0.15, -0.1) is 0 Å². The number of primary amides is 1. The van der Waals surface area contributed by atoms with Gasteiger partial charge in [-0.1, -0.05) is 11.6 Å². The number of amides is 1. The predicted octanol–water partition coefficient (Wildman–Crippen LogP) is 0.252. The molecule has 0 spiro atoms. The molecular weight excluding hydrogens is 368 g/mol. The number of aromatic nitrogens is 2. The maximum Gasteiger partial charge on any atom is 0.394 e. The van der Waals surface area contributed by atoms with Crippen LogP contribution < -0.4 is 11.5 Å². The standard InChI is InChI=1S/C11H9ClN4O3.H2O4S/c12-8-2-1-5(3-6(8)11(18)19)16-9(13)7(4-15-16)10(14)17;1-5(2,3)4/h1-4H,13H2,(H2,14,17)(H,18,19);(H2,1,2,3,4). The first-order valence-corrected chi connectivity index (χ1v) is 7.55. The number of anilines is 1. The zero-order valence-corrected chi connectivity index (χ0v) is 13.2. The molecule has 2 rings (SSSR count). The van der Waals surface area contributed by atoms with Crippen LogP contribution in [-0.2, 0) is 10.4 Å². The summed E-state index contributed by atoms with van der Waals surface area (Å²) in [6, 6.07) is 4.24. The van der Waals surface area contributed by atoms with Gasteiger partial charge < -0.3 is 16.6 Å². The first-order chi connectivity index (χ1) is 10.9. The monoisotopic (exact) mass is 378 g/mol. The molecule has 0 radical (unpaired) electrons. The molecule has 24 heavy (non-hydrogen) atoms. The van der Waals surface area contributed by atoms with Crippen molar-refractivity contribution in [3.05, 3.63) is 40.5 Å². The topological polar surface area (TPSA) is 199 Å². The quantitative estimate of drug-likeness (QED) is 0.464. The molecular formula is C11H11ClN4O7S. The van der Waals surface area contributed by atoms with Crippen LogP contribution in [0.1, 0.15) is 20.7 Å². The highest BCUT2D eigenvalue weighted by molar-refractivity contribution is 7.79. The smallest absolute Gasteiger partial charge is 0.394 e. The van der Waals surface area contributed by atoms with Gasteiger partial charge in [0.1, 0.15) is 11.4 Å². The third-order valence-corrected chi connectivity index (χ3v) is 2.83. The van der Waals surface area contributed by atoms with Crippen LogP contribution in [0.3, 0.4) is 0 Å². The van der Waals surface area contributed by atoms with E-state index in [0.717, 1.165) is 0 Å². The highest BCUT2D eigenvalue weighted by Gasteiger charge is 2.16. The summed E-state index contributed by atoms with van der Waals surface area (Å²) in [5.41, 5.74) is 11.2. The van der Waals surface area contributed by atoms with E-state index in [-0.39, 0.29) is 22.0 Å². The Kier molecular flexibility index (Phi) is 5.87. The third kappa shape index (κ3) is 5.20. The molecule has 1 amide bonds. The van der Waals surface area contributed by atoms with Crippen LogP contribution in [0.15, 0.2) is 24.4 Å². The molecule has 13 heteroatoms. The minimum absolute atomic E-state index is 0.0335. The van der Waals surface area contributed by atoms with Crippen molar-refractivity contribution in [1.29, 1.82) is 0 Å². The summed E-state index contributed by atoms with van der Waals surface area (Å²) in [6.07, 6.45) is 1.21. The van der Waals surface area contributed by atoms with Gasteiger partial charge in [0, 0.05) is 0 Å². The number of nitrogen functional groups attached to an aromatic ring is 1. The van der Waals surface area contributed by atoms with Crippen molar-refractivity contribution in [3.8, 4) is 5.69 Å². The Morgan fingerprint density at radius 2 is 1.75 bits per heavy atom. The van der Waals surface area contributed by atoms with E-state index in [2.05, 4.69) is 5.10 Å². The molecule has 0 bridgehead atoms. The lowest BCUT2D eigenvalue weighted by molar-refractivity contribution is 0.0696. The van der Waals surface area contributed by atoms with Crippen LogP contribution in [0.2, 0.25) is 5.02 Å². The fraction of sp³-hybridized carbons (Fsp3) is 0. The van der Waals surface area contributed by atoms with Gasteiger partial charge in [0.05, 0.1) is 22.5 Å². The maximum absolute atomic E-state index is 11.1. The molecule has 0 aliphatic heterocycles. The lowest BCUT2D eigenvalue weighted by Crippen LogP contribution is -2.13. The Bertz CT molecular complexity index is 886. The number of nitrogens with two attached hydrogens (primary N) is 2. The van der Waals surface area contributed by atoms with Gasteiger partial charge in [-0.25, -0.2) is 9.48 Å². The van der Waals surface area contributed by atoms with Gasteiger partial charge in [-0.05, 0) is 18.2 Å². The summed E-state index contributed by atoms with van der Waals surface area (Å²) >= 11 is 5.76. The van der Waals surface area contributed by atoms with Gasteiger partial charge in [-0.3, -0.25) is 13.9 Å². The number of carboxylic acids is 1. The first-order valence-electron chi connectivity index (χ1n) is 5.78. The lowest BCUT2D eigenvalue weighted by Gasteiger charge is -2.06. The van der Waals surface area contributed by atoms with Crippen LogP contribution in [0.5, 0.6) is 0 Å². The number of aromatic carboxylic acids is 1. The summed E-state index contributed by atoms with van der Waals surface area (Å²) in [5, 5.41) is 13.0. The van der Waals surface area contributed by atoms with E-state index in [9.17, 15) is 9.59 Å². The SMILES string of the molecule is NC(=O)c1cnn(-c2ccc(Cl)c(C(=O)O)c2)c1N.O=S(=O)(O)O. The van der Waals surface area contributed by atoms with E-state index in [4.69, 9.17) is 45.7 Å². The summed E-state index contributed by atoms with van der Waals surface area (Å²) in [4.78, 5) is 22.1. The molecule has 0 fully saturated rings. The second kappa shape index (κ2) is 7.27. The fourth-order valence-electron chi connectivity index (χ4n) is 1.56. The molecule has 0 saturated heterocycles. The van der Waals surface area contributed by atoms with E-state index in [1.54, 1.807) is 0 Å². The molecule has 1 aromatic heterocycles. The van der Waals surface area contributed by atoms with E-state index >= 15 is 0 Å². The van der Waals surface area contributed by atoms with Gasteiger partial charge in [0.25, 0.3) is 5.91 Å². The highest BCUT2D eigenvalue weighted by Crippen LogP contribution is 2.22. The van der Waals surface area contributed by atoms with Crippen molar-refractivity contribution >= 4 is 39.7 Å². The van der Waals surface area contributed by atoms with E-state index < -0.39 is 22.3 Å². The van der Waals surface area contributed by atoms with Gasteiger partial charge in [-0.2, -0.15) is 13.5 Å². The number of hydrogen-bond acceptors (Lipinski definition) is 6. The third-order valence-electron chi connectivity index (χ3n) is 2.50. The summed E-state index contributed by atoms with van der Waals surface area (Å²) in [6.45, 7) is 0. The molecule has 1 aromatic carbocycles. The maximum atomic E-state index is 11.1. The fourth-order valence-corrected chi connectivity index (χ4v) is 1.76. The largest absolute Gasteiger partial charge is 0.478 e. The minimum atomic E-state index is -4.67. The second-order valence-electron chi connectivity index (χ2n) is 4.14. The predicted molar refractivity (Wildman–Crippen MR) is 82.6 cm³/mol. The van der Waals surface area contributed by atoms with Crippen molar-refractivity contribution in [2.75, 3.05) is 5.73 Å². The Hall–Kier alpha value is -2.67. The molecule has 7 N–H and O–H groups in total. The molecule has 1 heterocycles. The number of hydrogen-bond donors (Lipinski definition) is 5. The molecule has 0 aliphatic carbocycles. The number of halogens is 1. The van der Waals surface area contributed by atoms with Crippen molar-refractivity contribution in [1.82, 2.24) is 9.78 Å². The highest BCUT2D eigenvalue weighted by atomic mass is 35.5. The Morgan fingerprint density at radius 3 is 2.17 bits per heavy atom. The van der Waals surface area contributed by atoms with Crippen molar-refractivity contribution in [2.24, 2.45) is 5.73 Å². The number of carbonyl (C=O) groups is 2. The molecule has 0 unspecified atom stereocenters. The zero-order valence-electron chi connectivity index (χ0n) is 11.6. The second-order valence-corrected chi connectivity index (χ2v) is 5.44. The van der Waals surface area contributed by atoms with E-state index in [1.165, 1.54) is 29.1 Å². The van der Waals surface area contributed by atoms with Gasteiger partial charge in [0.2, 0.25) is 0 Å². The molecule has 0 aliphatic rings. The zero-order chi connectivity index (χ0) is 18.7. The van der Waals surface area contributed by atoms with Crippen molar-refractivity contribution in [3.63, 3.8) is 0 Å². The average molecular weight is 379 g/mol. The Morgan fingerprint density at radius 1 is 1.21 bits per heavy atom. The molecule has 0 saturated carbocycles. The van der Waals surface area contributed by atoms with Crippen LogP contribution in [0, 0.1) is 0 Å². The number of carbonyl (C=O) groups excluding carboxylic acids is 1. The normalized spacial score (nSPS) is 10.6. The molecule has 2 aromatic rings. The van der Waals surface area contributed by atoms with Crippen LogP contribution in [-0.4, -0.2) is 44.3 Å². The van der Waals surface area contributed by atoms with E-state index in [1.807, 2.05) is 0 Å². The van der Waals surface area contributed by atoms with Crippen molar-refractivity contribution in [2.45, 2.75) is 0 Å². The number of nitrogens with zero attached hydrogens (tertiary/aromatic N) is 2. The van der Waals surface area contributed by atoms with Crippen molar-refractivity contribution < 1.29 is 32.2 Å². The van der Waals surface area contributed by atoms with Crippen LogP contribution in [0.25, 0.3) is 5.69 Å². The lowest BCUT2D eigenvalue weighted by atomic mass is 10.2. The summed E-state index contributed by atoms with van der Waals surface area (Å²) in [5.74, 6) is -1.85. The molecule has 130 valence electrons.